The first-order valence-corrected chi connectivity index (χ1v) is 5.63. The molecule has 0 bridgehead atoms. The highest BCUT2D eigenvalue weighted by molar-refractivity contribution is 5.55. The summed E-state index contributed by atoms with van der Waals surface area (Å²) < 4.78 is 5.73. The standard InChI is InChI=1S/C12H19N3O/c1-9(2)16-10-5-4-6-14-11(10)15-7-12(3,13)8-15/h4-6,9H,7-8,13H2,1-3H3. The van der Waals surface area contributed by atoms with E-state index < -0.39 is 0 Å². The van der Waals surface area contributed by atoms with Gasteiger partial charge in [-0.2, -0.15) is 0 Å². The summed E-state index contributed by atoms with van der Waals surface area (Å²) in [6, 6.07) is 3.84. The second-order valence-corrected chi connectivity index (χ2v) is 5.00. The van der Waals surface area contributed by atoms with Gasteiger partial charge in [0.1, 0.15) is 0 Å². The summed E-state index contributed by atoms with van der Waals surface area (Å²) in [5, 5.41) is 0. The minimum atomic E-state index is -0.0907. The molecular weight excluding hydrogens is 202 g/mol. The average Bonchev–Trinajstić information content (AvgIpc) is 2.14. The molecule has 2 N–H and O–H groups in total. The van der Waals surface area contributed by atoms with Gasteiger partial charge >= 0.3 is 0 Å². The van der Waals surface area contributed by atoms with Crippen LogP contribution in [0.1, 0.15) is 20.8 Å². The van der Waals surface area contributed by atoms with E-state index in [1.807, 2.05) is 26.0 Å². The van der Waals surface area contributed by atoms with Crippen LogP contribution in [-0.4, -0.2) is 29.7 Å². The number of nitrogens with zero attached hydrogens (tertiary/aromatic N) is 2. The normalized spacial score (nSPS) is 18.4. The molecule has 1 fully saturated rings. The van der Waals surface area contributed by atoms with Crippen molar-refractivity contribution in [2.45, 2.75) is 32.4 Å². The van der Waals surface area contributed by atoms with Crippen molar-refractivity contribution < 1.29 is 4.74 Å². The van der Waals surface area contributed by atoms with Crippen LogP contribution in [0.2, 0.25) is 0 Å². The largest absolute Gasteiger partial charge is 0.487 e. The van der Waals surface area contributed by atoms with Gasteiger partial charge in [0.25, 0.3) is 0 Å². The van der Waals surface area contributed by atoms with E-state index in [2.05, 4.69) is 16.8 Å². The third-order valence-electron chi connectivity index (χ3n) is 2.52. The zero-order valence-corrected chi connectivity index (χ0v) is 10.1. The van der Waals surface area contributed by atoms with E-state index in [-0.39, 0.29) is 11.6 Å². The summed E-state index contributed by atoms with van der Waals surface area (Å²) in [7, 11) is 0. The Morgan fingerprint density at radius 2 is 2.19 bits per heavy atom. The summed E-state index contributed by atoms with van der Waals surface area (Å²) in [6.07, 6.45) is 1.95. The molecule has 0 spiro atoms. The second-order valence-electron chi connectivity index (χ2n) is 5.00. The van der Waals surface area contributed by atoms with Gasteiger partial charge in [0.2, 0.25) is 0 Å². The lowest BCUT2D eigenvalue weighted by atomic mass is 9.94. The summed E-state index contributed by atoms with van der Waals surface area (Å²) in [5.41, 5.74) is 5.90. The van der Waals surface area contributed by atoms with E-state index in [4.69, 9.17) is 10.5 Å². The van der Waals surface area contributed by atoms with Crippen LogP contribution in [0.5, 0.6) is 5.75 Å². The lowest BCUT2D eigenvalue weighted by Gasteiger charge is -2.46. The summed E-state index contributed by atoms with van der Waals surface area (Å²) in [5.74, 6) is 1.74. The van der Waals surface area contributed by atoms with E-state index in [1.165, 1.54) is 0 Å². The van der Waals surface area contributed by atoms with Gasteiger partial charge in [-0.3, -0.25) is 0 Å². The number of nitrogens with two attached hydrogens (primary N) is 1. The van der Waals surface area contributed by atoms with E-state index >= 15 is 0 Å². The van der Waals surface area contributed by atoms with Crippen molar-refractivity contribution in [1.82, 2.24) is 4.98 Å². The molecular formula is C12H19N3O. The first-order valence-electron chi connectivity index (χ1n) is 5.63. The van der Waals surface area contributed by atoms with E-state index in [9.17, 15) is 0 Å². The fourth-order valence-corrected chi connectivity index (χ4v) is 1.94. The molecule has 1 aliphatic rings. The molecule has 16 heavy (non-hydrogen) atoms. The Bertz CT molecular complexity index is 368. The van der Waals surface area contributed by atoms with Gasteiger partial charge < -0.3 is 15.4 Å². The Kier molecular flexibility index (Phi) is 2.76. The van der Waals surface area contributed by atoms with Gasteiger partial charge in [0, 0.05) is 24.8 Å². The number of pyridine rings is 1. The molecule has 1 aliphatic heterocycles. The molecule has 2 rings (SSSR count). The van der Waals surface area contributed by atoms with Crippen LogP contribution in [0.25, 0.3) is 0 Å². The Hall–Kier alpha value is -1.29. The molecule has 4 nitrogen and oxygen atoms in total. The molecule has 0 amide bonds. The Morgan fingerprint density at radius 3 is 2.75 bits per heavy atom. The summed E-state index contributed by atoms with van der Waals surface area (Å²) >= 11 is 0. The molecule has 4 heteroatoms. The summed E-state index contributed by atoms with van der Waals surface area (Å²) in [4.78, 5) is 6.52. The lowest BCUT2D eigenvalue weighted by molar-refractivity contribution is 0.239. The van der Waals surface area contributed by atoms with Crippen molar-refractivity contribution in [3.8, 4) is 5.75 Å². The minimum absolute atomic E-state index is 0.0907. The van der Waals surface area contributed by atoms with Crippen LogP contribution in [-0.2, 0) is 0 Å². The molecule has 1 saturated heterocycles. The predicted molar refractivity (Wildman–Crippen MR) is 64.8 cm³/mol. The molecule has 0 radical (unpaired) electrons. The van der Waals surface area contributed by atoms with Crippen LogP contribution < -0.4 is 15.4 Å². The highest BCUT2D eigenvalue weighted by Gasteiger charge is 2.36. The maximum atomic E-state index is 5.99. The molecule has 1 aromatic rings. The number of ether oxygens (including phenoxy) is 1. The topological polar surface area (TPSA) is 51.4 Å². The molecule has 0 aromatic carbocycles. The van der Waals surface area contributed by atoms with E-state index in [0.29, 0.717) is 0 Å². The Morgan fingerprint density at radius 1 is 1.50 bits per heavy atom. The number of hydrogen-bond acceptors (Lipinski definition) is 4. The first-order chi connectivity index (χ1) is 7.48. The Labute approximate surface area is 96.4 Å². The van der Waals surface area contributed by atoms with Gasteiger partial charge in [0.15, 0.2) is 11.6 Å². The van der Waals surface area contributed by atoms with Crippen LogP contribution in [0, 0.1) is 0 Å². The number of aromatic nitrogens is 1. The van der Waals surface area contributed by atoms with Crippen molar-refractivity contribution in [2.75, 3.05) is 18.0 Å². The van der Waals surface area contributed by atoms with E-state index in [1.54, 1.807) is 6.20 Å². The SMILES string of the molecule is CC(C)Oc1cccnc1N1CC(C)(N)C1. The predicted octanol–water partition coefficient (Wildman–Crippen LogP) is 1.41. The average molecular weight is 221 g/mol. The maximum absolute atomic E-state index is 5.99. The smallest absolute Gasteiger partial charge is 0.171 e. The van der Waals surface area contributed by atoms with Gasteiger partial charge in [0.05, 0.1) is 6.10 Å². The minimum Gasteiger partial charge on any atom is -0.487 e. The zero-order valence-electron chi connectivity index (χ0n) is 10.1. The molecule has 0 unspecified atom stereocenters. The second kappa shape index (κ2) is 3.94. The first kappa shape index (κ1) is 11.2. The summed E-state index contributed by atoms with van der Waals surface area (Å²) in [6.45, 7) is 7.74. The van der Waals surface area contributed by atoms with Crippen LogP contribution in [0.3, 0.4) is 0 Å². The van der Waals surface area contributed by atoms with E-state index in [0.717, 1.165) is 24.7 Å². The molecule has 0 aliphatic carbocycles. The van der Waals surface area contributed by atoms with Crippen molar-refractivity contribution in [1.29, 1.82) is 0 Å². The maximum Gasteiger partial charge on any atom is 0.171 e. The zero-order chi connectivity index (χ0) is 11.8. The molecule has 88 valence electrons. The molecule has 2 heterocycles. The van der Waals surface area contributed by atoms with Crippen molar-refractivity contribution in [3.63, 3.8) is 0 Å². The van der Waals surface area contributed by atoms with Crippen LogP contribution >= 0.6 is 0 Å². The van der Waals surface area contributed by atoms with Crippen molar-refractivity contribution in [2.24, 2.45) is 5.73 Å². The monoisotopic (exact) mass is 221 g/mol. The van der Waals surface area contributed by atoms with Crippen LogP contribution in [0.4, 0.5) is 5.82 Å². The van der Waals surface area contributed by atoms with Crippen molar-refractivity contribution in [3.05, 3.63) is 18.3 Å². The number of rotatable bonds is 3. The highest BCUT2D eigenvalue weighted by atomic mass is 16.5. The Balaban J connectivity index is 2.15. The van der Waals surface area contributed by atoms with Gasteiger partial charge in [-0.25, -0.2) is 4.98 Å². The quantitative estimate of drug-likeness (QED) is 0.838. The molecule has 0 atom stereocenters. The number of anilines is 1. The third kappa shape index (κ3) is 2.27. The lowest BCUT2D eigenvalue weighted by Crippen LogP contribution is -2.65. The fraction of sp³-hybridized carbons (Fsp3) is 0.583. The number of hydrogen-bond donors (Lipinski definition) is 1. The molecule has 1 aromatic heterocycles. The van der Waals surface area contributed by atoms with Crippen molar-refractivity contribution >= 4 is 5.82 Å². The van der Waals surface area contributed by atoms with Gasteiger partial charge in [-0.15, -0.1) is 0 Å². The van der Waals surface area contributed by atoms with Gasteiger partial charge in [-0.1, -0.05) is 0 Å². The third-order valence-corrected chi connectivity index (χ3v) is 2.52. The molecule has 0 saturated carbocycles. The fourth-order valence-electron chi connectivity index (χ4n) is 1.94. The highest BCUT2D eigenvalue weighted by Crippen LogP contribution is 2.32. The van der Waals surface area contributed by atoms with Gasteiger partial charge in [-0.05, 0) is 32.9 Å². The van der Waals surface area contributed by atoms with Crippen LogP contribution in [0.15, 0.2) is 18.3 Å².